The van der Waals surface area contributed by atoms with Crippen molar-refractivity contribution in [2.45, 2.75) is 51.5 Å². The first-order chi connectivity index (χ1) is 12.1. The fraction of sp³-hybridized carbons (Fsp3) is 0.632. The average Bonchev–Trinajstić information content (AvgIpc) is 2.63. The van der Waals surface area contributed by atoms with Gasteiger partial charge in [-0.05, 0) is 37.7 Å². The quantitative estimate of drug-likeness (QED) is 0.669. The minimum atomic E-state index is -0.335. The summed E-state index contributed by atoms with van der Waals surface area (Å²) in [6.45, 7) is 3.59. The van der Waals surface area contributed by atoms with Crippen LogP contribution in [0, 0.1) is 22.0 Å². The molecule has 2 fully saturated rings. The predicted octanol–water partition coefficient (Wildman–Crippen LogP) is 3.51. The Kier molecular flexibility index (Phi) is 5.56. The monoisotopic (exact) mass is 345 g/mol. The van der Waals surface area contributed by atoms with E-state index in [1.807, 2.05) is 11.0 Å². The maximum absolute atomic E-state index is 12.6. The highest BCUT2D eigenvalue weighted by atomic mass is 16.6. The summed E-state index contributed by atoms with van der Waals surface area (Å²) in [7, 11) is 0. The summed E-state index contributed by atoms with van der Waals surface area (Å²) < 4.78 is 0. The van der Waals surface area contributed by atoms with E-state index < -0.39 is 0 Å². The molecule has 0 radical (unpaired) electrons. The summed E-state index contributed by atoms with van der Waals surface area (Å²) >= 11 is 0. The topological polar surface area (TPSA) is 75.5 Å². The highest BCUT2D eigenvalue weighted by Gasteiger charge is 2.30. The van der Waals surface area contributed by atoms with Crippen LogP contribution in [0.15, 0.2) is 24.3 Å². The number of hydrogen-bond donors (Lipinski definition) is 1. The van der Waals surface area contributed by atoms with Gasteiger partial charge in [0, 0.05) is 31.1 Å². The lowest BCUT2D eigenvalue weighted by Gasteiger charge is -2.35. The zero-order valence-corrected chi connectivity index (χ0v) is 14.8. The summed E-state index contributed by atoms with van der Waals surface area (Å²) in [5.41, 5.74) is 0.800. The molecular weight excluding hydrogens is 318 g/mol. The van der Waals surface area contributed by atoms with Gasteiger partial charge in [-0.25, -0.2) is 0 Å². The Hall–Kier alpha value is -2.11. The average molecular weight is 345 g/mol. The van der Waals surface area contributed by atoms with Crippen LogP contribution in [0.25, 0.3) is 0 Å². The van der Waals surface area contributed by atoms with Gasteiger partial charge in [0.2, 0.25) is 5.91 Å². The Morgan fingerprint density at radius 2 is 1.84 bits per heavy atom. The Labute approximate surface area is 148 Å². The molecule has 6 nitrogen and oxygen atoms in total. The predicted molar refractivity (Wildman–Crippen MR) is 97.6 cm³/mol. The third-order valence-electron chi connectivity index (χ3n) is 5.72. The number of amides is 1. The highest BCUT2D eigenvalue weighted by molar-refractivity contribution is 5.79. The van der Waals surface area contributed by atoms with Gasteiger partial charge in [0.25, 0.3) is 5.69 Å². The van der Waals surface area contributed by atoms with Gasteiger partial charge < -0.3 is 10.2 Å². The Morgan fingerprint density at radius 1 is 1.16 bits per heavy atom. The SMILES string of the molecule is CC1CCCCC1NC(=O)C1CCN(c2ccccc2[N+](=O)[O-])CC1. The van der Waals surface area contributed by atoms with E-state index in [9.17, 15) is 14.9 Å². The fourth-order valence-corrected chi connectivity index (χ4v) is 4.10. The van der Waals surface area contributed by atoms with Crippen molar-refractivity contribution in [3.63, 3.8) is 0 Å². The fourth-order valence-electron chi connectivity index (χ4n) is 4.10. The van der Waals surface area contributed by atoms with Crippen LogP contribution in [-0.4, -0.2) is 30.0 Å². The smallest absolute Gasteiger partial charge is 0.292 e. The van der Waals surface area contributed by atoms with Crippen molar-refractivity contribution in [3.05, 3.63) is 34.4 Å². The van der Waals surface area contributed by atoms with Crippen LogP contribution in [0.5, 0.6) is 0 Å². The summed E-state index contributed by atoms with van der Waals surface area (Å²) in [6, 6.07) is 7.16. The molecule has 2 unspecified atom stereocenters. The summed E-state index contributed by atoms with van der Waals surface area (Å²) in [5.74, 6) is 0.749. The standard InChI is InChI=1S/C19H27N3O3/c1-14-6-2-3-7-16(14)20-19(23)15-10-12-21(13-11-15)17-8-4-5-9-18(17)22(24)25/h4-5,8-9,14-16H,2-3,6-7,10-13H2,1H3,(H,20,23). The number of carbonyl (C=O) groups excluding carboxylic acids is 1. The van der Waals surface area contributed by atoms with E-state index in [-0.39, 0.29) is 22.4 Å². The van der Waals surface area contributed by atoms with Crippen LogP contribution in [0.1, 0.15) is 45.4 Å². The number of para-hydroxylation sites is 2. The van der Waals surface area contributed by atoms with E-state index in [0.29, 0.717) is 30.7 Å². The van der Waals surface area contributed by atoms with Crippen LogP contribution in [0.4, 0.5) is 11.4 Å². The summed E-state index contributed by atoms with van der Waals surface area (Å²) in [5, 5.41) is 14.5. The molecule has 1 aliphatic heterocycles. The van der Waals surface area contributed by atoms with E-state index in [0.717, 1.165) is 19.3 Å². The van der Waals surface area contributed by atoms with Crippen LogP contribution >= 0.6 is 0 Å². The van der Waals surface area contributed by atoms with Crippen LogP contribution in [-0.2, 0) is 4.79 Å². The van der Waals surface area contributed by atoms with E-state index in [1.54, 1.807) is 18.2 Å². The number of piperidine rings is 1. The lowest BCUT2D eigenvalue weighted by Crippen LogP contribution is -2.46. The number of nitro groups is 1. The molecule has 0 aromatic heterocycles. The van der Waals surface area contributed by atoms with Crippen molar-refractivity contribution >= 4 is 17.3 Å². The van der Waals surface area contributed by atoms with Gasteiger partial charge in [-0.2, -0.15) is 0 Å². The maximum Gasteiger partial charge on any atom is 0.292 e. The van der Waals surface area contributed by atoms with Crippen molar-refractivity contribution in [3.8, 4) is 0 Å². The number of nitrogens with one attached hydrogen (secondary N) is 1. The third kappa shape index (κ3) is 4.11. The molecule has 2 atom stereocenters. The minimum Gasteiger partial charge on any atom is -0.366 e. The van der Waals surface area contributed by atoms with E-state index in [2.05, 4.69) is 12.2 Å². The Morgan fingerprint density at radius 3 is 2.52 bits per heavy atom. The van der Waals surface area contributed by atoms with Crippen molar-refractivity contribution in [1.82, 2.24) is 5.32 Å². The number of rotatable bonds is 4. The maximum atomic E-state index is 12.6. The van der Waals surface area contributed by atoms with Gasteiger partial charge >= 0.3 is 0 Å². The van der Waals surface area contributed by atoms with Crippen LogP contribution < -0.4 is 10.2 Å². The van der Waals surface area contributed by atoms with Crippen LogP contribution in [0.2, 0.25) is 0 Å². The molecule has 1 aliphatic carbocycles. The minimum absolute atomic E-state index is 0.0214. The number of anilines is 1. The van der Waals surface area contributed by atoms with Crippen molar-refractivity contribution in [1.29, 1.82) is 0 Å². The second-order valence-electron chi connectivity index (χ2n) is 7.38. The molecule has 2 aliphatic rings. The Bertz CT molecular complexity index is 626. The molecule has 25 heavy (non-hydrogen) atoms. The second-order valence-corrected chi connectivity index (χ2v) is 7.38. The van der Waals surface area contributed by atoms with Gasteiger partial charge in [0.05, 0.1) is 4.92 Å². The molecule has 1 N–H and O–H groups in total. The molecule has 6 heteroatoms. The molecule has 1 saturated carbocycles. The number of carbonyl (C=O) groups is 1. The number of benzene rings is 1. The largest absolute Gasteiger partial charge is 0.366 e. The molecule has 1 aromatic rings. The normalized spacial score (nSPS) is 24.8. The third-order valence-corrected chi connectivity index (χ3v) is 5.72. The molecular formula is C19H27N3O3. The van der Waals surface area contributed by atoms with E-state index in [4.69, 9.17) is 0 Å². The molecule has 1 amide bonds. The van der Waals surface area contributed by atoms with Gasteiger partial charge in [-0.1, -0.05) is 31.9 Å². The van der Waals surface area contributed by atoms with E-state index in [1.165, 1.54) is 19.3 Å². The lowest BCUT2D eigenvalue weighted by atomic mass is 9.85. The zero-order valence-electron chi connectivity index (χ0n) is 14.8. The molecule has 3 rings (SSSR count). The van der Waals surface area contributed by atoms with Gasteiger partial charge in [-0.15, -0.1) is 0 Å². The van der Waals surface area contributed by atoms with E-state index >= 15 is 0 Å². The van der Waals surface area contributed by atoms with Crippen molar-refractivity contribution in [2.24, 2.45) is 11.8 Å². The van der Waals surface area contributed by atoms with Gasteiger partial charge in [0.15, 0.2) is 0 Å². The highest BCUT2D eigenvalue weighted by Crippen LogP contribution is 2.31. The summed E-state index contributed by atoms with van der Waals surface area (Å²) in [6.07, 6.45) is 6.24. The molecule has 0 bridgehead atoms. The zero-order chi connectivity index (χ0) is 17.8. The number of nitrogens with zero attached hydrogens (tertiary/aromatic N) is 2. The summed E-state index contributed by atoms with van der Waals surface area (Å²) in [4.78, 5) is 25.5. The molecule has 1 saturated heterocycles. The van der Waals surface area contributed by atoms with Gasteiger partial charge in [-0.3, -0.25) is 14.9 Å². The second kappa shape index (κ2) is 7.85. The van der Waals surface area contributed by atoms with Crippen LogP contribution in [0.3, 0.4) is 0 Å². The number of hydrogen-bond acceptors (Lipinski definition) is 4. The molecule has 1 aromatic carbocycles. The van der Waals surface area contributed by atoms with Crippen molar-refractivity contribution in [2.75, 3.05) is 18.0 Å². The lowest BCUT2D eigenvalue weighted by molar-refractivity contribution is -0.384. The first-order valence-corrected chi connectivity index (χ1v) is 9.35. The molecule has 136 valence electrons. The molecule has 0 spiro atoms. The van der Waals surface area contributed by atoms with Crippen molar-refractivity contribution < 1.29 is 9.72 Å². The Balaban J connectivity index is 1.57. The first-order valence-electron chi connectivity index (χ1n) is 9.35. The first kappa shape index (κ1) is 17.7. The van der Waals surface area contributed by atoms with Gasteiger partial charge in [0.1, 0.15) is 5.69 Å². The number of nitro benzene ring substituents is 1. The molecule has 1 heterocycles.